The molecular formula is C14H27ClN2O2. The molecule has 0 saturated carbocycles. The number of amides is 1. The van der Waals surface area contributed by atoms with Gasteiger partial charge in [-0.2, -0.15) is 0 Å². The van der Waals surface area contributed by atoms with Crippen LogP contribution < -0.4 is 10.6 Å². The van der Waals surface area contributed by atoms with E-state index in [9.17, 15) is 4.79 Å². The molecule has 2 aliphatic heterocycles. The zero-order chi connectivity index (χ0) is 12.6. The highest BCUT2D eigenvalue weighted by atomic mass is 35.5. The first-order valence-corrected chi connectivity index (χ1v) is 7.46. The van der Waals surface area contributed by atoms with Gasteiger partial charge in [0.25, 0.3) is 0 Å². The molecule has 0 spiro atoms. The lowest BCUT2D eigenvalue weighted by Gasteiger charge is -2.22. The molecule has 1 amide bonds. The predicted octanol–water partition coefficient (Wildman–Crippen LogP) is 2.02. The van der Waals surface area contributed by atoms with Gasteiger partial charge in [0.1, 0.15) is 0 Å². The molecule has 2 saturated heterocycles. The maximum Gasteiger partial charge on any atom is 0.220 e. The van der Waals surface area contributed by atoms with E-state index in [1.165, 1.54) is 25.7 Å². The maximum atomic E-state index is 11.7. The standard InChI is InChI=1S/C14H26N2O2.ClH/c17-14(7-6-13-5-1-2-11-18-13)16-10-8-12-4-3-9-15-12;/h12-13,15H,1-11H2,(H,16,17);1H/t12-,13?;/m1./s1. The lowest BCUT2D eigenvalue weighted by atomic mass is 10.0. The van der Waals surface area contributed by atoms with Crippen LogP contribution in [0.2, 0.25) is 0 Å². The Hall–Kier alpha value is -0.320. The molecule has 2 aliphatic rings. The number of hydrogen-bond donors (Lipinski definition) is 2. The summed E-state index contributed by atoms with van der Waals surface area (Å²) in [6.07, 6.45) is 8.96. The zero-order valence-corrected chi connectivity index (χ0v) is 12.5. The van der Waals surface area contributed by atoms with Crippen LogP contribution in [0, 0.1) is 0 Å². The fraction of sp³-hybridized carbons (Fsp3) is 0.929. The molecule has 112 valence electrons. The largest absolute Gasteiger partial charge is 0.378 e. The molecule has 0 aromatic heterocycles. The van der Waals surface area contributed by atoms with E-state index < -0.39 is 0 Å². The van der Waals surface area contributed by atoms with Crippen LogP contribution in [0.15, 0.2) is 0 Å². The second-order valence-electron chi connectivity index (χ2n) is 5.46. The van der Waals surface area contributed by atoms with E-state index in [4.69, 9.17) is 4.74 Å². The fourth-order valence-electron chi connectivity index (χ4n) is 2.80. The maximum absolute atomic E-state index is 11.7. The van der Waals surface area contributed by atoms with Gasteiger partial charge in [-0.25, -0.2) is 0 Å². The lowest BCUT2D eigenvalue weighted by molar-refractivity contribution is -0.122. The smallest absolute Gasteiger partial charge is 0.220 e. The molecule has 19 heavy (non-hydrogen) atoms. The van der Waals surface area contributed by atoms with Crippen molar-refractivity contribution in [3.63, 3.8) is 0 Å². The van der Waals surface area contributed by atoms with Crippen LogP contribution in [0.25, 0.3) is 0 Å². The molecule has 2 fully saturated rings. The summed E-state index contributed by atoms with van der Waals surface area (Å²) in [5.74, 6) is 0.183. The third-order valence-electron chi connectivity index (χ3n) is 3.94. The van der Waals surface area contributed by atoms with E-state index in [0.29, 0.717) is 18.6 Å². The van der Waals surface area contributed by atoms with Gasteiger partial charge in [0.15, 0.2) is 0 Å². The van der Waals surface area contributed by atoms with E-state index in [-0.39, 0.29) is 18.3 Å². The van der Waals surface area contributed by atoms with Crippen LogP contribution in [0.1, 0.15) is 51.4 Å². The highest BCUT2D eigenvalue weighted by Gasteiger charge is 2.16. The van der Waals surface area contributed by atoms with E-state index in [2.05, 4.69) is 10.6 Å². The first-order chi connectivity index (χ1) is 8.84. The first-order valence-electron chi connectivity index (χ1n) is 7.46. The molecule has 0 radical (unpaired) electrons. The average molecular weight is 291 g/mol. The summed E-state index contributed by atoms with van der Waals surface area (Å²) in [5, 5.41) is 6.46. The molecule has 2 heterocycles. The Morgan fingerprint density at radius 2 is 2.11 bits per heavy atom. The number of hydrogen-bond acceptors (Lipinski definition) is 3. The molecule has 4 nitrogen and oxygen atoms in total. The molecule has 2 atom stereocenters. The Kier molecular flexibility index (Phi) is 8.42. The number of ether oxygens (including phenoxy) is 1. The summed E-state index contributed by atoms with van der Waals surface area (Å²) in [5.41, 5.74) is 0. The first kappa shape index (κ1) is 16.7. The monoisotopic (exact) mass is 290 g/mol. The van der Waals surface area contributed by atoms with Crippen molar-refractivity contribution in [3.05, 3.63) is 0 Å². The molecule has 5 heteroatoms. The molecule has 0 aromatic carbocycles. The van der Waals surface area contributed by atoms with Crippen molar-refractivity contribution in [2.45, 2.75) is 63.5 Å². The van der Waals surface area contributed by atoms with Crippen molar-refractivity contribution in [1.29, 1.82) is 0 Å². The van der Waals surface area contributed by atoms with Crippen molar-refractivity contribution in [1.82, 2.24) is 10.6 Å². The van der Waals surface area contributed by atoms with Gasteiger partial charge in [0.2, 0.25) is 5.91 Å². The molecule has 0 aliphatic carbocycles. The fourth-order valence-corrected chi connectivity index (χ4v) is 2.80. The van der Waals surface area contributed by atoms with Crippen molar-refractivity contribution >= 4 is 18.3 Å². The Bertz CT molecular complexity index is 252. The normalized spacial score (nSPS) is 26.7. The quantitative estimate of drug-likeness (QED) is 0.787. The van der Waals surface area contributed by atoms with Crippen LogP contribution in [0.4, 0.5) is 0 Å². The van der Waals surface area contributed by atoms with Crippen LogP contribution >= 0.6 is 12.4 Å². The topological polar surface area (TPSA) is 50.4 Å². The molecule has 1 unspecified atom stereocenters. The van der Waals surface area contributed by atoms with Crippen LogP contribution in [0.5, 0.6) is 0 Å². The Morgan fingerprint density at radius 1 is 1.21 bits per heavy atom. The molecule has 0 aromatic rings. The number of carbonyl (C=O) groups is 1. The van der Waals surface area contributed by atoms with Gasteiger partial charge in [-0.1, -0.05) is 0 Å². The Morgan fingerprint density at radius 3 is 2.79 bits per heavy atom. The number of nitrogens with one attached hydrogen (secondary N) is 2. The summed E-state index contributed by atoms with van der Waals surface area (Å²) >= 11 is 0. The van der Waals surface area contributed by atoms with Crippen molar-refractivity contribution in [2.75, 3.05) is 19.7 Å². The second-order valence-corrected chi connectivity index (χ2v) is 5.46. The van der Waals surface area contributed by atoms with Crippen molar-refractivity contribution in [3.8, 4) is 0 Å². The number of halogens is 1. The zero-order valence-electron chi connectivity index (χ0n) is 11.7. The minimum absolute atomic E-state index is 0. The Balaban J connectivity index is 0.00000180. The second kappa shape index (κ2) is 9.56. The van der Waals surface area contributed by atoms with Gasteiger partial charge in [-0.05, 0) is 51.5 Å². The highest BCUT2D eigenvalue weighted by Crippen LogP contribution is 2.16. The Labute approximate surface area is 122 Å². The number of carbonyl (C=O) groups excluding carboxylic acids is 1. The minimum atomic E-state index is 0. The minimum Gasteiger partial charge on any atom is -0.378 e. The van der Waals surface area contributed by atoms with Crippen LogP contribution in [0.3, 0.4) is 0 Å². The van der Waals surface area contributed by atoms with Gasteiger partial charge in [-0.15, -0.1) is 12.4 Å². The van der Waals surface area contributed by atoms with E-state index in [1.54, 1.807) is 0 Å². The molecule has 0 bridgehead atoms. The van der Waals surface area contributed by atoms with Gasteiger partial charge < -0.3 is 15.4 Å². The van der Waals surface area contributed by atoms with Gasteiger partial charge >= 0.3 is 0 Å². The predicted molar refractivity (Wildman–Crippen MR) is 78.7 cm³/mol. The van der Waals surface area contributed by atoms with E-state index in [1.807, 2.05) is 0 Å². The van der Waals surface area contributed by atoms with Crippen LogP contribution in [-0.2, 0) is 9.53 Å². The third kappa shape index (κ3) is 6.59. The average Bonchev–Trinajstić information content (AvgIpc) is 2.91. The van der Waals surface area contributed by atoms with Gasteiger partial charge in [-0.3, -0.25) is 4.79 Å². The summed E-state index contributed by atoms with van der Waals surface area (Å²) in [7, 11) is 0. The SMILES string of the molecule is Cl.O=C(CCC1CCCCO1)NCC[C@H]1CCCN1. The summed E-state index contributed by atoms with van der Waals surface area (Å²) in [4.78, 5) is 11.7. The van der Waals surface area contributed by atoms with E-state index in [0.717, 1.165) is 39.0 Å². The summed E-state index contributed by atoms with van der Waals surface area (Å²) in [6, 6.07) is 0.618. The van der Waals surface area contributed by atoms with Crippen molar-refractivity contribution in [2.24, 2.45) is 0 Å². The molecule has 2 rings (SSSR count). The van der Waals surface area contributed by atoms with Crippen LogP contribution in [-0.4, -0.2) is 37.7 Å². The third-order valence-corrected chi connectivity index (χ3v) is 3.94. The van der Waals surface area contributed by atoms with Crippen molar-refractivity contribution < 1.29 is 9.53 Å². The van der Waals surface area contributed by atoms with E-state index >= 15 is 0 Å². The molecular weight excluding hydrogens is 264 g/mol. The van der Waals surface area contributed by atoms with Gasteiger partial charge in [0.05, 0.1) is 6.10 Å². The number of rotatable bonds is 6. The summed E-state index contributed by atoms with van der Waals surface area (Å²) < 4.78 is 5.62. The summed E-state index contributed by atoms with van der Waals surface area (Å²) in [6.45, 7) is 2.82. The lowest BCUT2D eigenvalue weighted by Crippen LogP contribution is -2.31. The van der Waals surface area contributed by atoms with Gasteiger partial charge in [0, 0.05) is 25.6 Å². The molecule has 2 N–H and O–H groups in total. The highest BCUT2D eigenvalue weighted by molar-refractivity contribution is 5.85.